The number of anilines is 1. The van der Waals surface area contributed by atoms with Crippen molar-refractivity contribution in [3.63, 3.8) is 0 Å². The Kier molecular flexibility index (Phi) is 5.03. The lowest BCUT2D eigenvalue weighted by Crippen LogP contribution is -2.10. The molecule has 1 N–H and O–H groups in total. The number of hydrogen-bond acceptors (Lipinski definition) is 5. The Bertz CT molecular complexity index is 410. The minimum atomic E-state index is -0.493. The van der Waals surface area contributed by atoms with Gasteiger partial charge in [0.25, 0.3) is 0 Å². The van der Waals surface area contributed by atoms with Crippen LogP contribution in [0.1, 0.15) is 24.2 Å². The first-order chi connectivity index (χ1) is 8.13. The highest BCUT2D eigenvalue weighted by Gasteiger charge is 2.18. The fraction of sp³-hybridized carbons (Fsp3) is 0.455. The van der Waals surface area contributed by atoms with E-state index in [-0.39, 0.29) is 18.1 Å². The summed E-state index contributed by atoms with van der Waals surface area (Å²) in [5, 5.41) is 3.16. The largest absolute Gasteiger partial charge is 0.477 e. The molecule has 0 unspecified atom stereocenters. The van der Waals surface area contributed by atoms with Gasteiger partial charge in [-0.15, -0.1) is 0 Å². The second-order valence-electron chi connectivity index (χ2n) is 3.07. The molecular formula is C11H15ClN2O3. The first kappa shape index (κ1) is 13.6. The Morgan fingerprint density at radius 3 is 2.71 bits per heavy atom. The first-order valence-electron chi connectivity index (χ1n) is 5.32. The fourth-order valence-corrected chi connectivity index (χ4v) is 1.49. The molecule has 0 amide bonds. The predicted octanol–water partition coefficient (Wildman–Crippen LogP) is 2.35. The zero-order valence-corrected chi connectivity index (χ0v) is 10.8. The normalized spacial score (nSPS) is 9.88. The highest BCUT2D eigenvalue weighted by atomic mass is 35.5. The van der Waals surface area contributed by atoms with Crippen LogP contribution in [-0.2, 0) is 4.74 Å². The van der Waals surface area contributed by atoms with Crippen molar-refractivity contribution < 1.29 is 14.3 Å². The van der Waals surface area contributed by atoms with Crippen LogP contribution in [0.5, 0.6) is 5.88 Å². The lowest BCUT2D eigenvalue weighted by atomic mass is 10.2. The monoisotopic (exact) mass is 258 g/mol. The van der Waals surface area contributed by atoms with Crippen molar-refractivity contribution in [2.24, 2.45) is 0 Å². The van der Waals surface area contributed by atoms with Crippen LogP contribution in [0.2, 0.25) is 5.02 Å². The molecule has 0 aliphatic rings. The number of halogens is 1. The number of hydrogen-bond donors (Lipinski definition) is 1. The molecule has 0 aliphatic carbocycles. The summed E-state index contributed by atoms with van der Waals surface area (Å²) in [6, 6.07) is 1.49. The lowest BCUT2D eigenvalue weighted by Gasteiger charge is -2.11. The third-order valence-corrected chi connectivity index (χ3v) is 2.24. The van der Waals surface area contributed by atoms with Crippen LogP contribution >= 0.6 is 11.6 Å². The molecule has 0 aliphatic heterocycles. The van der Waals surface area contributed by atoms with E-state index in [1.54, 1.807) is 14.0 Å². The Hall–Kier alpha value is -1.49. The molecule has 94 valence electrons. The van der Waals surface area contributed by atoms with E-state index >= 15 is 0 Å². The standard InChI is InChI=1S/C11H15ClN2O3/c1-4-16-10-7(11(15)17-5-2)6-8(12)9(13-3)14-10/h6H,4-5H2,1-3H3,(H,13,14). The van der Waals surface area contributed by atoms with Crippen LogP contribution in [0.3, 0.4) is 0 Å². The number of aromatic nitrogens is 1. The van der Waals surface area contributed by atoms with Crippen LogP contribution in [-0.4, -0.2) is 31.2 Å². The maximum atomic E-state index is 11.7. The number of carbonyl (C=O) groups is 1. The number of nitrogens with one attached hydrogen (secondary N) is 1. The third-order valence-electron chi connectivity index (χ3n) is 1.95. The van der Waals surface area contributed by atoms with Gasteiger partial charge in [-0.1, -0.05) is 11.6 Å². The summed E-state index contributed by atoms with van der Waals surface area (Å²) in [6.07, 6.45) is 0. The van der Waals surface area contributed by atoms with Gasteiger partial charge in [0.05, 0.1) is 18.2 Å². The number of ether oxygens (including phenoxy) is 2. The van der Waals surface area contributed by atoms with Crippen molar-refractivity contribution in [1.29, 1.82) is 0 Å². The van der Waals surface area contributed by atoms with Gasteiger partial charge in [0.15, 0.2) is 0 Å². The number of nitrogens with zero attached hydrogens (tertiary/aromatic N) is 1. The topological polar surface area (TPSA) is 60.5 Å². The van der Waals surface area contributed by atoms with Crippen LogP contribution in [0.25, 0.3) is 0 Å². The summed E-state index contributed by atoms with van der Waals surface area (Å²) in [6.45, 7) is 4.24. The molecule has 1 aromatic heterocycles. The number of pyridine rings is 1. The van der Waals surface area contributed by atoms with Crippen LogP contribution < -0.4 is 10.1 Å². The van der Waals surface area contributed by atoms with E-state index in [9.17, 15) is 4.79 Å². The molecular weight excluding hydrogens is 244 g/mol. The van der Waals surface area contributed by atoms with Gasteiger partial charge >= 0.3 is 5.97 Å². The van der Waals surface area contributed by atoms with Gasteiger partial charge in [-0.3, -0.25) is 0 Å². The predicted molar refractivity (Wildman–Crippen MR) is 65.9 cm³/mol. The molecule has 5 nitrogen and oxygen atoms in total. The maximum Gasteiger partial charge on any atom is 0.343 e. The Balaban J connectivity index is 3.17. The van der Waals surface area contributed by atoms with E-state index < -0.39 is 5.97 Å². The molecule has 0 spiro atoms. The van der Waals surface area contributed by atoms with Crippen molar-refractivity contribution in [3.8, 4) is 5.88 Å². The fourth-order valence-electron chi connectivity index (χ4n) is 1.25. The van der Waals surface area contributed by atoms with Gasteiger partial charge in [0.1, 0.15) is 11.4 Å². The average molecular weight is 259 g/mol. The van der Waals surface area contributed by atoms with Crippen LogP contribution in [0.15, 0.2) is 6.07 Å². The van der Waals surface area contributed by atoms with Crippen molar-refractivity contribution >= 4 is 23.4 Å². The van der Waals surface area contributed by atoms with Crippen LogP contribution in [0, 0.1) is 0 Å². The molecule has 0 saturated heterocycles. The SMILES string of the molecule is CCOC(=O)c1cc(Cl)c(NC)nc1OCC. The van der Waals surface area contributed by atoms with E-state index in [0.717, 1.165) is 0 Å². The second-order valence-corrected chi connectivity index (χ2v) is 3.48. The van der Waals surface area contributed by atoms with Crippen molar-refractivity contribution in [2.45, 2.75) is 13.8 Å². The van der Waals surface area contributed by atoms with Gasteiger partial charge in [0.2, 0.25) is 5.88 Å². The zero-order chi connectivity index (χ0) is 12.8. The van der Waals surface area contributed by atoms with E-state index in [2.05, 4.69) is 10.3 Å². The van der Waals surface area contributed by atoms with E-state index in [1.807, 2.05) is 6.92 Å². The molecule has 0 bridgehead atoms. The summed E-state index contributed by atoms with van der Waals surface area (Å²) in [4.78, 5) is 15.8. The van der Waals surface area contributed by atoms with E-state index in [4.69, 9.17) is 21.1 Å². The molecule has 1 heterocycles. The molecule has 0 aromatic carbocycles. The van der Waals surface area contributed by atoms with Crippen molar-refractivity contribution in [3.05, 3.63) is 16.7 Å². The number of rotatable bonds is 5. The molecule has 0 radical (unpaired) electrons. The minimum absolute atomic E-state index is 0.222. The van der Waals surface area contributed by atoms with Crippen molar-refractivity contribution in [1.82, 2.24) is 4.98 Å². The smallest absolute Gasteiger partial charge is 0.343 e. The molecule has 1 aromatic rings. The molecule has 1 rings (SSSR count). The van der Waals surface area contributed by atoms with Gasteiger partial charge in [-0.05, 0) is 19.9 Å². The molecule has 0 saturated carbocycles. The molecule has 0 fully saturated rings. The Morgan fingerprint density at radius 2 is 2.18 bits per heavy atom. The molecule has 0 atom stereocenters. The highest BCUT2D eigenvalue weighted by molar-refractivity contribution is 6.33. The Morgan fingerprint density at radius 1 is 1.47 bits per heavy atom. The number of carbonyl (C=O) groups excluding carboxylic acids is 1. The van der Waals surface area contributed by atoms with Gasteiger partial charge < -0.3 is 14.8 Å². The van der Waals surface area contributed by atoms with Gasteiger partial charge in [0, 0.05) is 7.05 Å². The van der Waals surface area contributed by atoms with Crippen molar-refractivity contribution in [2.75, 3.05) is 25.6 Å². The quantitative estimate of drug-likeness (QED) is 0.822. The highest BCUT2D eigenvalue weighted by Crippen LogP contribution is 2.27. The second kappa shape index (κ2) is 6.30. The number of esters is 1. The minimum Gasteiger partial charge on any atom is -0.477 e. The zero-order valence-electron chi connectivity index (χ0n) is 10.0. The summed E-state index contributed by atoms with van der Waals surface area (Å²) in [5.74, 6) is 0.191. The van der Waals surface area contributed by atoms with E-state index in [0.29, 0.717) is 17.4 Å². The van der Waals surface area contributed by atoms with Gasteiger partial charge in [-0.25, -0.2) is 4.79 Å². The summed E-state index contributed by atoms with van der Waals surface area (Å²) >= 11 is 5.96. The summed E-state index contributed by atoms with van der Waals surface area (Å²) in [5.41, 5.74) is 0.234. The third kappa shape index (κ3) is 3.23. The Labute approximate surface area is 105 Å². The summed E-state index contributed by atoms with van der Waals surface area (Å²) in [7, 11) is 1.69. The first-order valence-corrected chi connectivity index (χ1v) is 5.70. The average Bonchev–Trinajstić information content (AvgIpc) is 2.31. The summed E-state index contributed by atoms with van der Waals surface area (Å²) < 4.78 is 10.2. The van der Waals surface area contributed by atoms with Gasteiger partial charge in [-0.2, -0.15) is 4.98 Å². The van der Waals surface area contributed by atoms with Crippen LogP contribution in [0.4, 0.5) is 5.82 Å². The molecule has 17 heavy (non-hydrogen) atoms. The maximum absolute atomic E-state index is 11.7. The molecule has 6 heteroatoms. The lowest BCUT2D eigenvalue weighted by molar-refractivity contribution is 0.0521. The van der Waals surface area contributed by atoms with E-state index in [1.165, 1.54) is 6.07 Å².